The SMILES string of the molecule is CC(N)c1cnn(CCC#N)c1. The Kier molecular flexibility index (Phi) is 2.83. The summed E-state index contributed by atoms with van der Waals surface area (Å²) in [5.41, 5.74) is 6.64. The smallest absolute Gasteiger partial charge is 0.0641 e. The highest BCUT2D eigenvalue weighted by atomic mass is 15.3. The van der Waals surface area contributed by atoms with Crippen LogP contribution in [0.4, 0.5) is 0 Å². The number of aryl methyl sites for hydroxylation is 1. The molecule has 4 heteroatoms. The van der Waals surface area contributed by atoms with Crippen LogP contribution < -0.4 is 5.73 Å². The number of nitrogens with zero attached hydrogens (tertiary/aromatic N) is 3. The average Bonchev–Trinajstić information content (AvgIpc) is 2.48. The average molecular weight is 164 g/mol. The second kappa shape index (κ2) is 3.88. The Morgan fingerprint density at radius 3 is 3.08 bits per heavy atom. The molecule has 0 saturated heterocycles. The van der Waals surface area contributed by atoms with Crippen LogP contribution in [0, 0.1) is 11.3 Å². The molecule has 0 spiro atoms. The molecule has 0 saturated carbocycles. The summed E-state index contributed by atoms with van der Waals surface area (Å²) in [5, 5.41) is 12.4. The van der Waals surface area contributed by atoms with Crippen molar-refractivity contribution in [2.75, 3.05) is 0 Å². The molecule has 0 radical (unpaired) electrons. The van der Waals surface area contributed by atoms with Crippen LogP contribution in [-0.4, -0.2) is 9.78 Å². The molecule has 2 N–H and O–H groups in total. The summed E-state index contributed by atoms with van der Waals surface area (Å²) in [6, 6.07) is 2.08. The van der Waals surface area contributed by atoms with Crippen molar-refractivity contribution >= 4 is 0 Å². The van der Waals surface area contributed by atoms with Crippen molar-refractivity contribution in [3.05, 3.63) is 18.0 Å². The molecule has 0 aromatic carbocycles. The van der Waals surface area contributed by atoms with E-state index >= 15 is 0 Å². The van der Waals surface area contributed by atoms with Crippen LogP contribution in [0.5, 0.6) is 0 Å². The molecule has 0 bridgehead atoms. The van der Waals surface area contributed by atoms with Gasteiger partial charge in [0.05, 0.1) is 25.2 Å². The van der Waals surface area contributed by atoms with Crippen molar-refractivity contribution in [3.63, 3.8) is 0 Å². The summed E-state index contributed by atoms with van der Waals surface area (Å²) < 4.78 is 1.74. The maximum Gasteiger partial charge on any atom is 0.0641 e. The van der Waals surface area contributed by atoms with E-state index in [1.807, 2.05) is 13.1 Å². The van der Waals surface area contributed by atoms with E-state index in [0.29, 0.717) is 13.0 Å². The number of nitriles is 1. The molecule has 12 heavy (non-hydrogen) atoms. The van der Waals surface area contributed by atoms with E-state index < -0.39 is 0 Å². The van der Waals surface area contributed by atoms with Crippen molar-refractivity contribution < 1.29 is 0 Å². The van der Waals surface area contributed by atoms with Crippen LogP contribution in [0.25, 0.3) is 0 Å². The zero-order valence-corrected chi connectivity index (χ0v) is 7.07. The monoisotopic (exact) mass is 164 g/mol. The fourth-order valence-electron chi connectivity index (χ4n) is 0.902. The van der Waals surface area contributed by atoms with Gasteiger partial charge in [0.15, 0.2) is 0 Å². The van der Waals surface area contributed by atoms with Gasteiger partial charge in [0, 0.05) is 17.8 Å². The molecule has 0 aliphatic rings. The second-order valence-electron chi connectivity index (χ2n) is 2.73. The molecule has 0 amide bonds. The fraction of sp³-hybridized carbons (Fsp3) is 0.500. The molecular formula is C8H12N4. The maximum atomic E-state index is 8.33. The number of rotatable bonds is 3. The van der Waals surface area contributed by atoms with Gasteiger partial charge in [-0.15, -0.1) is 0 Å². The quantitative estimate of drug-likeness (QED) is 0.719. The van der Waals surface area contributed by atoms with Crippen molar-refractivity contribution in [1.29, 1.82) is 5.26 Å². The van der Waals surface area contributed by atoms with E-state index in [0.717, 1.165) is 5.56 Å². The maximum absolute atomic E-state index is 8.33. The van der Waals surface area contributed by atoms with E-state index in [9.17, 15) is 0 Å². The topological polar surface area (TPSA) is 67.6 Å². The van der Waals surface area contributed by atoms with E-state index in [4.69, 9.17) is 11.0 Å². The van der Waals surface area contributed by atoms with Crippen LogP contribution in [0.15, 0.2) is 12.4 Å². The first-order valence-electron chi connectivity index (χ1n) is 3.89. The van der Waals surface area contributed by atoms with Crippen molar-refractivity contribution in [2.45, 2.75) is 25.9 Å². The Bertz CT molecular complexity index is 281. The highest BCUT2D eigenvalue weighted by Crippen LogP contribution is 2.06. The normalized spacial score (nSPS) is 12.4. The summed E-state index contributed by atoms with van der Waals surface area (Å²) in [6.45, 7) is 2.55. The van der Waals surface area contributed by atoms with Gasteiger partial charge in [0.1, 0.15) is 0 Å². The standard InChI is InChI=1S/C8H12N4/c1-7(10)8-5-11-12(6-8)4-2-3-9/h5-7H,2,4,10H2,1H3. The van der Waals surface area contributed by atoms with Gasteiger partial charge in [0.2, 0.25) is 0 Å². The lowest BCUT2D eigenvalue weighted by Crippen LogP contribution is -2.03. The summed E-state index contributed by atoms with van der Waals surface area (Å²) >= 11 is 0. The summed E-state index contributed by atoms with van der Waals surface area (Å²) in [6.07, 6.45) is 4.10. The zero-order valence-electron chi connectivity index (χ0n) is 7.07. The number of aromatic nitrogens is 2. The van der Waals surface area contributed by atoms with Crippen molar-refractivity contribution in [2.24, 2.45) is 5.73 Å². The molecule has 0 aliphatic heterocycles. The molecule has 1 atom stereocenters. The fourth-order valence-corrected chi connectivity index (χ4v) is 0.902. The van der Waals surface area contributed by atoms with Gasteiger partial charge in [-0.25, -0.2) is 0 Å². The molecule has 1 rings (SSSR count). The Hall–Kier alpha value is -1.34. The van der Waals surface area contributed by atoms with Crippen LogP contribution in [-0.2, 0) is 6.54 Å². The summed E-state index contributed by atoms with van der Waals surface area (Å²) in [5.74, 6) is 0. The second-order valence-corrected chi connectivity index (χ2v) is 2.73. The number of hydrogen-bond donors (Lipinski definition) is 1. The molecule has 0 fully saturated rings. The Balaban J connectivity index is 2.59. The number of hydrogen-bond acceptors (Lipinski definition) is 3. The van der Waals surface area contributed by atoms with Gasteiger partial charge >= 0.3 is 0 Å². The lowest BCUT2D eigenvalue weighted by atomic mass is 10.2. The van der Waals surface area contributed by atoms with Gasteiger partial charge in [-0.2, -0.15) is 10.4 Å². The Labute approximate surface area is 71.6 Å². The molecule has 1 aromatic rings. The predicted octanol–water partition coefficient (Wildman–Crippen LogP) is 0.816. The first-order valence-corrected chi connectivity index (χ1v) is 3.89. The largest absolute Gasteiger partial charge is 0.324 e. The Morgan fingerprint density at radius 2 is 2.58 bits per heavy atom. The first kappa shape index (κ1) is 8.75. The molecule has 64 valence electrons. The van der Waals surface area contributed by atoms with Crippen LogP contribution in [0.2, 0.25) is 0 Å². The Morgan fingerprint density at radius 1 is 1.83 bits per heavy atom. The van der Waals surface area contributed by atoms with Gasteiger partial charge in [-0.1, -0.05) is 0 Å². The lowest BCUT2D eigenvalue weighted by Gasteiger charge is -1.98. The first-order chi connectivity index (χ1) is 5.74. The summed E-state index contributed by atoms with van der Waals surface area (Å²) in [7, 11) is 0. The lowest BCUT2D eigenvalue weighted by molar-refractivity contribution is 0.626. The minimum atomic E-state index is 0.0147. The van der Waals surface area contributed by atoms with E-state index in [1.165, 1.54) is 0 Å². The minimum absolute atomic E-state index is 0.0147. The molecule has 1 unspecified atom stereocenters. The van der Waals surface area contributed by atoms with Gasteiger partial charge in [0.25, 0.3) is 0 Å². The third kappa shape index (κ3) is 2.07. The predicted molar refractivity (Wildman–Crippen MR) is 45.1 cm³/mol. The summed E-state index contributed by atoms with van der Waals surface area (Å²) in [4.78, 5) is 0. The van der Waals surface area contributed by atoms with Crippen molar-refractivity contribution in [1.82, 2.24) is 9.78 Å². The zero-order chi connectivity index (χ0) is 8.97. The van der Waals surface area contributed by atoms with Crippen LogP contribution in [0.1, 0.15) is 24.9 Å². The van der Waals surface area contributed by atoms with E-state index in [1.54, 1.807) is 10.9 Å². The molecular weight excluding hydrogens is 152 g/mol. The van der Waals surface area contributed by atoms with Gasteiger partial charge in [-0.05, 0) is 6.92 Å². The minimum Gasteiger partial charge on any atom is -0.324 e. The molecule has 0 aliphatic carbocycles. The van der Waals surface area contributed by atoms with Crippen LogP contribution >= 0.6 is 0 Å². The molecule has 4 nitrogen and oxygen atoms in total. The number of nitrogens with two attached hydrogens (primary N) is 1. The van der Waals surface area contributed by atoms with Crippen LogP contribution in [0.3, 0.4) is 0 Å². The third-order valence-corrected chi connectivity index (χ3v) is 1.63. The van der Waals surface area contributed by atoms with E-state index in [2.05, 4.69) is 11.2 Å². The molecule has 1 heterocycles. The van der Waals surface area contributed by atoms with Gasteiger partial charge < -0.3 is 5.73 Å². The van der Waals surface area contributed by atoms with Crippen molar-refractivity contribution in [3.8, 4) is 6.07 Å². The highest BCUT2D eigenvalue weighted by Gasteiger charge is 2.01. The third-order valence-electron chi connectivity index (χ3n) is 1.63. The van der Waals surface area contributed by atoms with Gasteiger partial charge in [-0.3, -0.25) is 4.68 Å². The highest BCUT2D eigenvalue weighted by molar-refractivity contribution is 5.08. The molecule has 1 aromatic heterocycles. The van der Waals surface area contributed by atoms with E-state index in [-0.39, 0.29) is 6.04 Å².